The number of carbonyl (C=O) groups excluding carboxylic acids is 1. The Morgan fingerprint density at radius 1 is 1.06 bits per heavy atom. The third kappa shape index (κ3) is 5.32. The summed E-state index contributed by atoms with van der Waals surface area (Å²) in [5.41, 5.74) is 3.76. The Balaban J connectivity index is 1.16. The second-order valence-corrected chi connectivity index (χ2v) is 9.04. The number of amides is 1. The fourth-order valence-electron chi connectivity index (χ4n) is 4.59. The van der Waals surface area contributed by atoms with Crippen molar-refractivity contribution >= 4 is 11.6 Å². The van der Waals surface area contributed by atoms with Crippen LogP contribution in [0.4, 0.5) is 5.69 Å². The molecule has 34 heavy (non-hydrogen) atoms. The van der Waals surface area contributed by atoms with Gasteiger partial charge in [0.1, 0.15) is 5.76 Å². The SMILES string of the molecule is Cc1oc(-c2ccc(C(=O)NC[C@H]3CCCO3)cc2)nc1CN1CCN(c2ccccc2)CC1. The van der Waals surface area contributed by atoms with Gasteiger partial charge in [-0.15, -0.1) is 0 Å². The number of benzene rings is 2. The van der Waals surface area contributed by atoms with Gasteiger partial charge in [0.05, 0.1) is 11.8 Å². The number of nitrogens with zero attached hydrogens (tertiary/aromatic N) is 3. The molecule has 0 spiro atoms. The smallest absolute Gasteiger partial charge is 0.251 e. The first-order chi connectivity index (χ1) is 16.7. The van der Waals surface area contributed by atoms with Gasteiger partial charge >= 0.3 is 0 Å². The average Bonchev–Trinajstić information content (AvgIpc) is 3.54. The van der Waals surface area contributed by atoms with Crippen molar-refractivity contribution in [1.29, 1.82) is 0 Å². The topological polar surface area (TPSA) is 70.8 Å². The van der Waals surface area contributed by atoms with Crippen molar-refractivity contribution in [1.82, 2.24) is 15.2 Å². The van der Waals surface area contributed by atoms with Crippen molar-refractivity contribution in [3.63, 3.8) is 0 Å². The highest BCUT2D eigenvalue weighted by Crippen LogP contribution is 2.24. The molecule has 0 aliphatic carbocycles. The number of aromatic nitrogens is 1. The van der Waals surface area contributed by atoms with Crippen LogP contribution in [0.3, 0.4) is 0 Å². The summed E-state index contributed by atoms with van der Waals surface area (Å²) in [7, 11) is 0. The number of hydrogen-bond acceptors (Lipinski definition) is 6. The molecule has 1 aromatic heterocycles. The highest BCUT2D eigenvalue weighted by atomic mass is 16.5. The van der Waals surface area contributed by atoms with E-state index in [1.165, 1.54) is 5.69 Å². The van der Waals surface area contributed by atoms with Crippen LogP contribution in [0.5, 0.6) is 0 Å². The number of hydrogen-bond donors (Lipinski definition) is 1. The van der Waals surface area contributed by atoms with Crippen molar-refractivity contribution < 1.29 is 13.9 Å². The van der Waals surface area contributed by atoms with Gasteiger partial charge in [-0.3, -0.25) is 9.69 Å². The average molecular weight is 461 g/mol. The Bertz CT molecular complexity index is 1080. The lowest BCUT2D eigenvalue weighted by Crippen LogP contribution is -2.46. The van der Waals surface area contributed by atoms with Gasteiger partial charge in [0.15, 0.2) is 0 Å². The van der Waals surface area contributed by atoms with Crippen LogP contribution in [-0.2, 0) is 11.3 Å². The Hall–Kier alpha value is -3.16. The first-order valence-electron chi connectivity index (χ1n) is 12.1. The molecule has 0 unspecified atom stereocenters. The maximum Gasteiger partial charge on any atom is 0.251 e. The maximum atomic E-state index is 12.4. The molecule has 1 atom stereocenters. The zero-order chi connectivity index (χ0) is 23.3. The van der Waals surface area contributed by atoms with Crippen molar-refractivity contribution in [3.05, 3.63) is 71.6 Å². The van der Waals surface area contributed by atoms with E-state index in [-0.39, 0.29) is 12.0 Å². The molecule has 3 heterocycles. The molecule has 2 saturated heterocycles. The monoisotopic (exact) mass is 460 g/mol. The Morgan fingerprint density at radius 3 is 2.53 bits per heavy atom. The number of carbonyl (C=O) groups is 1. The molecule has 2 aromatic carbocycles. The van der Waals surface area contributed by atoms with Crippen LogP contribution in [0.2, 0.25) is 0 Å². The molecule has 7 nitrogen and oxygen atoms in total. The largest absolute Gasteiger partial charge is 0.441 e. The van der Waals surface area contributed by atoms with E-state index in [1.807, 2.05) is 31.2 Å². The van der Waals surface area contributed by atoms with Gasteiger partial charge in [-0.05, 0) is 56.2 Å². The van der Waals surface area contributed by atoms with Crippen LogP contribution in [0.25, 0.3) is 11.5 Å². The minimum atomic E-state index is -0.0824. The van der Waals surface area contributed by atoms with Gasteiger partial charge < -0.3 is 19.4 Å². The zero-order valence-corrected chi connectivity index (χ0v) is 19.7. The molecule has 2 aliphatic rings. The summed E-state index contributed by atoms with van der Waals surface area (Å²) in [6.45, 7) is 8.09. The molecule has 2 aliphatic heterocycles. The number of anilines is 1. The van der Waals surface area contributed by atoms with Crippen LogP contribution in [0.1, 0.15) is 34.7 Å². The predicted octanol–water partition coefficient (Wildman–Crippen LogP) is 3.88. The van der Waals surface area contributed by atoms with E-state index in [2.05, 4.69) is 45.4 Å². The lowest BCUT2D eigenvalue weighted by Gasteiger charge is -2.35. The molecule has 0 bridgehead atoms. The van der Waals surface area contributed by atoms with Crippen molar-refractivity contribution in [2.45, 2.75) is 32.4 Å². The van der Waals surface area contributed by atoms with Crippen molar-refractivity contribution in [2.24, 2.45) is 0 Å². The molecule has 0 saturated carbocycles. The first kappa shape index (κ1) is 22.6. The second kappa shape index (κ2) is 10.4. The molecule has 0 radical (unpaired) electrons. The van der Waals surface area contributed by atoms with Gasteiger partial charge in [0, 0.05) is 62.7 Å². The van der Waals surface area contributed by atoms with Crippen LogP contribution in [0.15, 0.2) is 59.0 Å². The minimum absolute atomic E-state index is 0.0824. The summed E-state index contributed by atoms with van der Waals surface area (Å²) < 4.78 is 11.6. The molecule has 1 amide bonds. The first-order valence-corrected chi connectivity index (χ1v) is 12.1. The standard InChI is InChI=1S/C27H32N4O3/c1-20-25(19-30-13-15-31(16-14-30)23-6-3-2-4-7-23)29-27(34-20)22-11-9-21(10-12-22)26(32)28-18-24-8-5-17-33-24/h2-4,6-7,9-12,24H,5,8,13-19H2,1H3,(H,28,32)/t24-/m1/s1. The molecule has 178 valence electrons. The normalized spacial score (nSPS) is 18.9. The number of rotatable bonds is 7. The third-order valence-corrected chi connectivity index (χ3v) is 6.67. The van der Waals surface area contributed by atoms with Crippen LogP contribution in [-0.4, -0.2) is 61.2 Å². The highest BCUT2D eigenvalue weighted by molar-refractivity contribution is 5.94. The molecule has 5 rings (SSSR count). The summed E-state index contributed by atoms with van der Waals surface area (Å²) >= 11 is 0. The summed E-state index contributed by atoms with van der Waals surface area (Å²) in [6, 6.07) is 18.0. The number of piperazine rings is 1. The molecular weight excluding hydrogens is 428 g/mol. The molecular formula is C27H32N4O3. The van der Waals surface area contributed by atoms with Gasteiger partial charge in [-0.1, -0.05) is 18.2 Å². The number of para-hydroxylation sites is 1. The van der Waals surface area contributed by atoms with Gasteiger partial charge in [0.25, 0.3) is 5.91 Å². The fourth-order valence-corrected chi connectivity index (χ4v) is 4.59. The van der Waals surface area contributed by atoms with E-state index in [1.54, 1.807) is 0 Å². The Kier molecular flexibility index (Phi) is 6.92. The fraction of sp³-hybridized carbons (Fsp3) is 0.407. The number of aryl methyl sites for hydroxylation is 1. The molecule has 2 fully saturated rings. The summed E-state index contributed by atoms with van der Waals surface area (Å²) in [6.07, 6.45) is 2.21. The molecule has 7 heteroatoms. The number of oxazole rings is 1. The summed E-state index contributed by atoms with van der Waals surface area (Å²) in [4.78, 5) is 22.1. The number of ether oxygens (including phenoxy) is 1. The quantitative estimate of drug-likeness (QED) is 0.577. The van der Waals surface area contributed by atoms with E-state index in [0.717, 1.165) is 69.2 Å². The van der Waals surface area contributed by atoms with E-state index >= 15 is 0 Å². The summed E-state index contributed by atoms with van der Waals surface area (Å²) in [5.74, 6) is 1.36. The number of nitrogens with one attached hydrogen (secondary N) is 1. The van der Waals surface area contributed by atoms with Crippen LogP contribution in [0, 0.1) is 6.92 Å². The van der Waals surface area contributed by atoms with Crippen LogP contribution < -0.4 is 10.2 Å². The van der Waals surface area contributed by atoms with Crippen molar-refractivity contribution in [3.8, 4) is 11.5 Å². The van der Waals surface area contributed by atoms with E-state index < -0.39 is 0 Å². The second-order valence-electron chi connectivity index (χ2n) is 9.04. The lowest BCUT2D eigenvalue weighted by atomic mass is 10.1. The molecule has 1 N–H and O–H groups in total. The lowest BCUT2D eigenvalue weighted by molar-refractivity contribution is 0.0858. The minimum Gasteiger partial charge on any atom is -0.441 e. The van der Waals surface area contributed by atoms with Gasteiger partial charge in [-0.25, -0.2) is 4.98 Å². The summed E-state index contributed by atoms with van der Waals surface area (Å²) in [5, 5.41) is 2.96. The highest BCUT2D eigenvalue weighted by Gasteiger charge is 2.21. The van der Waals surface area contributed by atoms with E-state index in [0.29, 0.717) is 18.0 Å². The van der Waals surface area contributed by atoms with Crippen molar-refractivity contribution in [2.75, 3.05) is 44.2 Å². The van der Waals surface area contributed by atoms with Gasteiger partial charge in [-0.2, -0.15) is 0 Å². The molecule has 3 aromatic rings. The van der Waals surface area contributed by atoms with E-state index in [4.69, 9.17) is 14.1 Å². The predicted molar refractivity (Wildman–Crippen MR) is 132 cm³/mol. The van der Waals surface area contributed by atoms with E-state index in [9.17, 15) is 4.79 Å². The Labute approximate surface area is 200 Å². The maximum absolute atomic E-state index is 12.4. The Morgan fingerprint density at radius 2 is 1.82 bits per heavy atom. The third-order valence-electron chi connectivity index (χ3n) is 6.67. The van der Waals surface area contributed by atoms with Crippen LogP contribution >= 0.6 is 0 Å². The van der Waals surface area contributed by atoms with Gasteiger partial charge in [0.2, 0.25) is 5.89 Å². The zero-order valence-electron chi connectivity index (χ0n) is 19.7.